The fourth-order valence-electron chi connectivity index (χ4n) is 5.07. The van der Waals surface area contributed by atoms with Crippen LogP contribution in [0.4, 0.5) is 5.69 Å². The van der Waals surface area contributed by atoms with Crippen molar-refractivity contribution in [2.75, 3.05) is 25.0 Å². The standard InChI is InChI=1S/C24H28N6O2/c1-4-16-8-20-21(28-23(16)31)7-15(10-26-20)11-29-12-17-9-18(13-29)30(17)22-6-5-19(24(32)25-3)27-14(22)2/h5-8,10,17-18H,4,9,11-13H2,1-3H3,(H,25,32)(H,28,31). The van der Waals surface area contributed by atoms with Crippen LogP contribution >= 0.6 is 0 Å². The highest BCUT2D eigenvalue weighted by Gasteiger charge is 2.45. The minimum atomic E-state index is -0.161. The molecule has 6 rings (SSSR count). The molecule has 3 aromatic heterocycles. The van der Waals surface area contributed by atoms with Gasteiger partial charge in [0, 0.05) is 50.5 Å². The van der Waals surface area contributed by atoms with Gasteiger partial charge in [-0.15, -0.1) is 0 Å². The molecule has 0 saturated carbocycles. The van der Waals surface area contributed by atoms with E-state index in [-0.39, 0.29) is 11.5 Å². The van der Waals surface area contributed by atoms with Gasteiger partial charge in [-0.3, -0.25) is 19.5 Å². The Kier molecular flexibility index (Phi) is 5.17. The maximum Gasteiger partial charge on any atom is 0.269 e. The summed E-state index contributed by atoms with van der Waals surface area (Å²) in [5.74, 6) is -0.161. The van der Waals surface area contributed by atoms with Gasteiger partial charge < -0.3 is 15.2 Å². The number of carbonyl (C=O) groups is 1. The summed E-state index contributed by atoms with van der Waals surface area (Å²) < 4.78 is 0. The highest BCUT2D eigenvalue weighted by molar-refractivity contribution is 5.92. The Hall–Kier alpha value is -3.26. The van der Waals surface area contributed by atoms with E-state index in [2.05, 4.69) is 30.1 Å². The van der Waals surface area contributed by atoms with Gasteiger partial charge in [-0.05, 0) is 49.6 Å². The van der Waals surface area contributed by atoms with Gasteiger partial charge in [-0.25, -0.2) is 4.98 Å². The van der Waals surface area contributed by atoms with Gasteiger partial charge >= 0.3 is 0 Å². The Morgan fingerprint density at radius 2 is 2.03 bits per heavy atom. The number of nitrogens with zero attached hydrogens (tertiary/aromatic N) is 4. The number of nitrogens with one attached hydrogen (secondary N) is 2. The number of aryl methyl sites for hydroxylation is 2. The number of amides is 1. The Morgan fingerprint density at radius 1 is 1.25 bits per heavy atom. The molecule has 166 valence electrons. The summed E-state index contributed by atoms with van der Waals surface area (Å²) in [5.41, 5.74) is 5.94. The van der Waals surface area contributed by atoms with Gasteiger partial charge in [0.05, 0.1) is 22.4 Å². The zero-order valence-corrected chi connectivity index (χ0v) is 18.7. The zero-order chi connectivity index (χ0) is 22.4. The third kappa shape index (κ3) is 3.54. The fourth-order valence-corrected chi connectivity index (χ4v) is 5.07. The summed E-state index contributed by atoms with van der Waals surface area (Å²) in [6.45, 7) is 6.70. The van der Waals surface area contributed by atoms with E-state index in [1.807, 2.05) is 38.2 Å². The molecule has 3 aromatic rings. The molecular formula is C24H28N6O2. The van der Waals surface area contributed by atoms with Crippen LogP contribution in [0, 0.1) is 6.92 Å². The maximum absolute atomic E-state index is 12.2. The first-order chi connectivity index (χ1) is 15.5. The number of aromatic amines is 1. The molecule has 8 nitrogen and oxygen atoms in total. The first-order valence-electron chi connectivity index (χ1n) is 11.2. The molecule has 2 bridgehead atoms. The van der Waals surface area contributed by atoms with Crippen molar-refractivity contribution in [1.82, 2.24) is 25.2 Å². The number of carbonyl (C=O) groups excluding carboxylic acids is 1. The smallest absolute Gasteiger partial charge is 0.269 e. The molecule has 32 heavy (non-hydrogen) atoms. The van der Waals surface area contributed by atoms with Gasteiger partial charge in [0.25, 0.3) is 11.5 Å². The molecule has 3 aliphatic heterocycles. The van der Waals surface area contributed by atoms with Crippen molar-refractivity contribution in [3.8, 4) is 0 Å². The topological polar surface area (TPSA) is 94.2 Å². The number of H-pyrrole nitrogens is 1. The predicted molar refractivity (Wildman–Crippen MR) is 124 cm³/mol. The minimum Gasteiger partial charge on any atom is -0.361 e. The Labute approximate surface area is 186 Å². The van der Waals surface area contributed by atoms with Crippen molar-refractivity contribution in [3.63, 3.8) is 0 Å². The average Bonchev–Trinajstić information content (AvgIpc) is 2.79. The second-order valence-electron chi connectivity index (χ2n) is 8.78. The molecule has 3 aliphatic rings. The third-order valence-corrected chi connectivity index (χ3v) is 6.68. The van der Waals surface area contributed by atoms with Crippen molar-refractivity contribution in [1.29, 1.82) is 0 Å². The first kappa shape index (κ1) is 20.6. The van der Waals surface area contributed by atoms with Gasteiger partial charge in [0.15, 0.2) is 0 Å². The van der Waals surface area contributed by atoms with E-state index < -0.39 is 0 Å². The Balaban J connectivity index is 1.29. The number of pyridine rings is 3. The number of hydrogen-bond donors (Lipinski definition) is 2. The predicted octanol–water partition coefficient (Wildman–Crippen LogP) is 2.01. The Bertz CT molecular complexity index is 1240. The molecule has 1 amide bonds. The summed E-state index contributed by atoms with van der Waals surface area (Å²) in [7, 11) is 1.62. The number of hydrogen-bond acceptors (Lipinski definition) is 6. The molecular weight excluding hydrogens is 404 g/mol. The molecule has 8 heteroatoms. The molecule has 3 fully saturated rings. The van der Waals surface area contributed by atoms with Crippen molar-refractivity contribution < 1.29 is 4.79 Å². The molecule has 2 N–H and O–H groups in total. The van der Waals surface area contributed by atoms with Crippen molar-refractivity contribution in [3.05, 3.63) is 63.3 Å². The van der Waals surface area contributed by atoms with Crippen LogP contribution < -0.4 is 15.8 Å². The summed E-state index contributed by atoms with van der Waals surface area (Å²) in [5, 5.41) is 2.63. The second kappa shape index (κ2) is 8.02. The first-order valence-corrected chi connectivity index (χ1v) is 11.2. The van der Waals surface area contributed by atoms with E-state index in [4.69, 9.17) is 0 Å². The molecule has 6 heterocycles. The van der Waals surface area contributed by atoms with E-state index in [1.54, 1.807) is 13.1 Å². The van der Waals surface area contributed by atoms with Crippen molar-refractivity contribution in [2.45, 2.75) is 45.3 Å². The number of rotatable bonds is 5. The Morgan fingerprint density at radius 3 is 2.72 bits per heavy atom. The van der Waals surface area contributed by atoms with E-state index in [1.165, 1.54) is 6.42 Å². The molecule has 0 spiro atoms. The molecule has 0 aromatic carbocycles. The summed E-state index contributed by atoms with van der Waals surface area (Å²) >= 11 is 0. The maximum atomic E-state index is 12.2. The van der Waals surface area contributed by atoms with Crippen LogP contribution in [0.3, 0.4) is 0 Å². The number of aromatic nitrogens is 3. The third-order valence-electron chi connectivity index (χ3n) is 6.68. The highest BCUT2D eigenvalue weighted by atomic mass is 16.1. The zero-order valence-electron chi connectivity index (χ0n) is 18.7. The number of piperidine rings is 1. The lowest BCUT2D eigenvalue weighted by molar-refractivity contribution is 0.0957. The lowest BCUT2D eigenvalue weighted by atomic mass is 9.86. The van der Waals surface area contributed by atoms with Gasteiger partial charge in [0.2, 0.25) is 0 Å². The minimum absolute atomic E-state index is 0.0276. The highest BCUT2D eigenvalue weighted by Crippen LogP contribution is 2.38. The van der Waals surface area contributed by atoms with Crippen LogP contribution in [0.2, 0.25) is 0 Å². The molecule has 2 atom stereocenters. The number of anilines is 1. The van der Waals surface area contributed by atoms with Crippen molar-refractivity contribution >= 4 is 22.6 Å². The normalized spacial score (nSPS) is 20.3. The largest absolute Gasteiger partial charge is 0.361 e. The van der Waals surface area contributed by atoms with E-state index >= 15 is 0 Å². The number of fused-ring (bicyclic) bond motifs is 3. The lowest BCUT2D eigenvalue weighted by Gasteiger charge is -2.58. The summed E-state index contributed by atoms with van der Waals surface area (Å²) in [4.78, 5) is 41.0. The lowest BCUT2D eigenvalue weighted by Crippen LogP contribution is -2.69. The van der Waals surface area contributed by atoms with E-state index in [0.29, 0.717) is 24.2 Å². The van der Waals surface area contributed by atoms with Crippen LogP contribution in [0.1, 0.15) is 40.7 Å². The van der Waals surface area contributed by atoms with Gasteiger partial charge in [-0.2, -0.15) is 0 Å². The number of piperazine rings is 1. The molecule has 0 radical (unpaired) electrons. The van der Waals surface area contributed by atoms with Crippen LogP contribution in [0.15, 0.2) is 35.3 Å². The summed E-state index contributed by atoms with van der Waals surface area (Å²) in [6, 6.07) is 8.65. The van der Waals surface area contributed by atoms with Crippen LogP contribution in [0.5, 0.6) is 0 Å². The second-order valence-corrected chi connectivity index (χ2v) is 8.78. The quantitative estimate of drug-likeness (QED) is 0.641. The van der Waals surface area contributed by atoms with E-state index in [9.17, 15) is 9.59 Å². The average molecular weight is 433 g/mol. The molecule has 2 unspecified atom stereocenters. The fraction of sp³-hybridized carbons (Fsp3) is 0.417. The molecule has 0 aliphatic carbocycles. The van der Waals surface area contributed by atoms with Crippen LogP contribution in [-0.2, 0) is 13.0 Å². The van der Waals surface area contributed by atoms with Crippen molar-refractivity contribution in [2.24, 2.45) is 0 Å². The van der Waals surface area contributed by atoms with Gasteiger partial charge in [0.1, 0.15) is 5.69 Å². The molecule has 3 saturated heterocycles. The van der Waals surface area contributed by atoms with Gasteiger partial charge in [-0.1, -0.05) is 6.92 Å². The SMILES string of the molecule is CCc1cc2ncc(CN3CC4CC(C3)N4c3ccc(C(=O)NC)nc3C)cc2[nH]c1=O. The summed E-state index contributed by atoms with van der Waals surface area (Å²) in [6.07, 6.45) is 3.80. The van der Waals surface area contributed by atoms with E-state index in [0.717, 1.165) is 53.2 Å². The monoisotopic (exact) mass is 432 g/mol. The van der Waals surface area contributed by atoms with Crippen LogP contribution in [0.25, 0.3) is 11.0 Å². The van der Waals surface area contributed by atoms with Crippen LogP contribution in [-0.4, -0.2) is 58.0 Å².